The van der Waals surface area contributed by atoms with Crippen molar-refractivity contribution in [3.05, 3.63) is 58.3 Å². The maximum Gasteiger partial charge on any atom is 0.347 e. The summed E-state index contributed by atoms with van der Waals surface area (Å²) in [7, 11) is 0. The zero-order valence-electron chi connectivity index (χ0n) is 10.9. The van der Waals surface area contributed by atoms with Crippen molar-refractivity contribution in [3.63, 3.8) is 0 Å². The molecule has 0 unspecified atom stereocenters. The molecule has 6 nitrogen and oxygen atoms in total. The lowest BCUT2D eigenvalue weighted by molar-refractivity contribution is 0.0697. The van der Waals surface area contributed by atoms with Gasteiger partial charge >= 0.3 is 11.7 Å². The van der Waals surface area contributed by atoms with Crippen LogP contribution in [0.15, 0.2) is 41.5 Å². The summed E-state index contributed by atoms with van der Waals surface area (Å²) in [4.78, 5) is 25.9. The molecule has 1 aromatic heterocycles. The normalized spacial score (nSPS) is 10.2. The molecule has 0 bridgehead atoms. The third-order valence-electron chi connectivity index (χ3n) is 2.69. The first-order valence-corrected chi connectivity index (χ1v) is 6.05. The van der Waals surface area contributed by atoms with Gasteiger partial charge in [-0.05, 0) is 36.8 Å². The highest BCUT2D eigenvalue weighted by atomic mass is 16.5. The molecule has 104 valence electrons. The number of benzene rings is 1. The van der Waals surface area contributed by atoms with Gasteiger partial charge in [-0.3, -0.25) is 4.57 Å². The minimum atomic E-state index is -0.978. The van der Waals surface area contributed by atoms with E-state index in [0.717, 1.165) is 5.56 Å². The Morgan fingerprint density at radius 2 is 2.05 bits per heavy atom. The molecular weight excluding hydrogens is 260 g/mol. The van der Waals surface area contributed by atoms with Gasteiger partial charge in [0.1, 0.15) is 12.4 Å². The minimum Gasteiger partial charge on any atom is -0.492 e. The second-order valence-electron chi connectivity index (χ2n) is 4.29. The van der Waals surface area contributed by atoms with E-state index in [-0.39, 0.29) is 11.3 Å². The first kappa shape index (κ1) is 13.8. The molecule has 0 aliphatic carbocycles. The summed E-state index contributed by atoms with van der Waals surface area (Å²) >= 11 is 0. The Bertz CT molecular complexity index is 662. The molecule has 0 aliphatic heterocycles. The van der Waals surface area contributed by atoms with E-state index in [1.165, 1.54) is 22.9 Å². The molecule has 0 fully saturated rings. The highest BCUT2D eigenvalue weighted by molar-refractivity contribution is 5.87. The Balaban J connectivity index is 1.94. The fourth-order valence-electron chi connectivity index (χ4n) is 1.68. The van der Waals surface area contributed by atoms with Crippen molar-refractivity contribution < 1.29 is 14.6 Å². The lowest BCUT2D eigenvalue weighted by atomic mass is 10.2. The first-order chi connectivity index (χ1) is 9.56. The lowest BCUT2D eigenvalue weighted by Crippen LogP contribution is -2.25. The second-order valence-corrected chi connectivity index (χ2v) is 4.29. The number of nitrogens with zero attached hydrogens (tertiary/aromatic N) is 2. The van der Waals surface area contributed by atoms with Crippen LogP contribution in [0.2, 0.25) is 0 Å². The third-order valence-corrected chi connectivity index (χ3v) is 2.69. The molecule has 20 heavy (non-hydrogen) atoms. The number of ether oxygens (including phenoxy) is 1. The quantitative estimate of drug-likeness (QED) is 0.889. The van der Waals surface area contributed by atoms with E-state index < -0.39 is 5.97 Å². The Morgan fingerprint density at radius 1 is 1.35 bits per heavy atom. The van der Waals surface area contributed by atoms with Gasteiger partial charge in [-0.25, -0.2) is 14.6 Å². The summed E-state index contributed by atoms with van der Waals surface area (Å²) < 4.78 is 6.93. The Kier molecular flexibility index (Phi) is 4.14. The minimum absolute atomic E-state index is 0.205. The summed E-state index contributed by atoms with van der Waals surface area (Å²) in [5.74, 6) is -0.419. The van der Waals surface area contributed by atoms with Crippen LogP contribution in [-0.2, 0) is 6.54 Å². The monoisotopic (exact) mass is 274 g/mol. The summed E-state index contributed by atoms with van der Waals surface area (Å²) in [5.41, 5.74) is 0.785. The van der Waals surface area contributed by atoms with Crippen LogP contribution in [-0.4, -0.2) is 27.2 Å². The van der Waals surface area contributed by atoms with Crippen molar-refractivity contribution in [1.82, 2.24) is 9.55 Å². The van der Waals surface area contributed by atoms with E-state index in [0.29, 0.717) is 18.9 Å². The van der Waals surface area contributed by atoms with E-state index in [1.807, 2.05) is 6.92 Å². The van der Waals surface area contributed by atoms with Crippen molar-refractivity contribution in [1.29, 1.82) is 0 Å². The SMILES string of the molecule is Cc1cnc(=O)n(CCOc2ccc(C(=O)O)cc2)c1. The Morgan fingerprint density at radius 3 is 2.70 bits per heavy atom. The number of carbonyl (C=O) groups is 1. The van der Waals surface area contributed by atoms with Gasteiger partial charge in [0.15, 0.2) is 0 Å². The van der Waals surface area contributed by atoms with Crippen LogP contribution in [0.4, 0.5) is 0 Å². The van der Waals surface area contributed by atoms with Gasteiger partial charge < -0.3 is 9.84 Å². The van der Waals surface area contributed by atoms with Gasteiger partial charge in [-0.1, -0.05) is 0 Å². The number of hydrogen-bond acceptors (Lipinski definition) is 4. The molecule has 1 aromatic carbocycles. The average molecular weight is 274 g/mol. The maximum atomic E-state index is 11.5. The zero-order chi connectivity index (χ0) is 14.5. The van der Waals surface area contributed by atoms with E-state index >= 15 is 0 Å². The van der Waals surface area contributed by atoms with Gasteiger partial charge in [0.25, 0.3) is 0 Å². The van der Waals surface area contributed by atoms with Crippen LogP contribution in [0.3, 0.4) is 0 Å². The summed E-state index contributed by atoms with van der Waals surface area (Å²) in [5, 5.41) is 8.77. The predicted molar refractivity (Wildman–Crippen MR) is 72.1 cm³/mol. The van der Waals surface area contributed by atoms with Crippen LogP contribution in [0.5, 0.6) is 5.75 Å². The molecule has 1 N–H and O–H groups in total. The van der Waals surface area contributed by atoms with Crippen LogP contribution < -0.4 is 10.4 Å². The summed E-state index contributed by atoms with van der Waals surface area (Å²) in [6.07, 6.45) is 3.23. The lowest BCUT2D eigenvalue weighted by Gasteiger charge is -2.08. The summed E-state index contributed by atoms with van der Waals surface area (Å²) in [6, 6.07) is 6.11. The van der Waals surface area contributed by atoms with Crippen LogP contribution in [0.25, 0.3) is 0 Å². The van der Waals surface area contributed by atoms with Gasteiger partial charge in [-0.2, -0.15) is 0 Å². The predicted octanol–water partition coefficient (Wildman–Crippen LogP) is 1.33. The fourth-order valence-corrected chi connectivity index (χ4v) is 1.68. The third kappa shape index (κ3) is 3.44. The molecule has 0 spiro atoms. The second kappa shape index (κ2) is 6.01. The van der Waals surface area contributed by atoms with E-state index in [4.69, 9.17) is 9.84 Å². The molecule has 0 amide bonds. The highest BCUT2D eigenvalue weighted by Crippen LogP contribution is 2.12. The number of hydrogen-bond donors (Lipinski definition) is 1. The number of carboxylic acid groups (broad SMARTS) is 1. The standard InChI is InChI=1S/C14H14N2O4/c1-10-8-15-14(19)16(9-10)6-7-20-12-4-2-11(3-5-12)13(17)18/h2-5,8-9H,6-7H2,1H3,(H,17,18). The van der Waals surface area contributed by atoms with Gasteiger partial charge in [-0.15, -0.1) is 0 Å². The molecule has 0 saturated heterocycles. The topological polar surface area (TPSA) is 81.4 Å². The smallest absolute Gasteiger partial charge is 0.347 e. The fraction of sp³-hybridized carbons (Fsp3) is 0.214. The van der Waals surface area contributed by atoms with Gasteiger partial charge in [0.05, 0.1) is 12.1 Å². The molecular formula is C14H14N2O4. The molecule has 0 aliphatic rings. The molecule has 0 atom stereocenters. The van der Waals surface area contributed by atoms with Gasteiger partial charge in [0.2, 0.25) is 0 Å². The van der Waals surface area contributed by atoms with Crippen LogP contribution in [0, 0.1) is 6.92 Å². The number of carboxylic acids is 1. The summed E-state index contributed by atoms with van der Waals surface area (Å²) in [6.45, 7) is 2.54. The van der Waals surface area contributed by atoms with Crippen molar-refractivity contribution in [2.24, 2.45) is 0 Å². The number of aromatic carboxylic acids is 1. The first-order valence-electron chi connectivity index (χ1n) is 6.05. The molecule has 0 saturated carbocycles. The van der Waals surface area contributed by atoms with Crippen molar-refractivity contribution in [3.8, 4) is 5.75 Å². The molecule has 6 heteroatoms. The number of aryl methyl sites for hydroxylation is 1. The largest absolute Gasteiger partial charge is 0.492 e. The van der Waals surface area contributed by atoms with E-state index in [2.05, 4.69) is 4.98 Å². The maximum absolute atomic E-state index is 11.5. The molecule has 0 radical (unpaired) electrons. The van der Waals surface area contributed by atoms with E-state index in [1.54, 1.807) is 18.3 Å². The average Bonchev–Trinajstić information content (AvgIpc) is 2.43. The zero-order valence-corrected chi connectivity index (χ0v) is 10.9. The Hall–Kier alpha value is -2.63. The van der Waals surface area contributed by atoms with Gasteiger partial charge in [0, 0.05) is 12.4 Å². The van der Waals surface area contributed by atoms with E-state index in [9.17, 15) is 9.59 Å². The number of rotatable bonds is 5. The Labute approximate surface area is 115 Å². The van der Waals surface area contributed by atoms with Crippen molar-refractivity contribution in [2.45, 2.75) is 13.5 Å². The molecule has 1 heterocycles. The highest BCUT2D eigenvalue weighted by Gasteiger charge is 2.02. The van der Waals surface area contributed by atoms with Crippen molar-refractivity contribution >= 4 is 5.97 Å². The number of aromatic nitrogens is 2. The van der Waals surface area contributed by atoms with Crippen molar-refractivity contribution in [2.75, 3.05) is 6.61 Å². The molecule has 2 rings (SSSR count). The van der Waals surface area contributed by atoms with Crippen LogP contribution in [0.1, 0.15) is 15.9 Å². The molecule has 2 aromatic rings. The van der Waals surface area contributed by atoms with Crippen LogP contribution >= 0.6 is 0 Å².